The van der Waals surface area contributed by atoms with Crippen LogP contribution < -0.4 is 21.3 Å². The van der Waals surface area contributed by atoms with Crippen molar-refractivity contribution in [3.05, 3.63) is 59.7 Å². The maximum atomic E-state index is 12.5. The molecule has 4 atom stereocenters. The number of carbonyl (C=O) groups excluding carboxylic acids is 3. The summed E-state index contributed by atoms with van der Waals surface area (Å²) in [6.45, 7) is 0.572. The zero-order valence-electron chi connectivity index (χ0n) is 23.5. The number of alkyl carbamates (subject to hydrolysis) is 1. The Labute approximate surface area is 249 Å². The highest BCUT2D eigenvalue weighted by molar-refractivity contribution is 8.00. The van der Waals surface area contributed by atoms with Crippen LogP contribution in [-0.4, -0.2) is 71.4 Å². The van der Waals surface area contributed by atoms with Crippen molar-refractivity contribution in [3.8, 4) is 11.1 Å². The predicted molar refractivity (Wildman–Crippen MR) is 160 cm³/mol. The number of carboxylic acid groups (broad SMARTS) is 1. The number of hydrogen-bond acceptors (Lipinski definition) is 6. The van der Waals surface area contributed by atoms with Gasteiger partial charge in [-0.2, -0.15) is 11.8 Å². The number of unbranched alkanes of at least 4 members (excludes halogenated alkanes) is 2. The molecule has 3 aliphatic rings. The van der Waals surface area contributed by atoms with E-state index in [1.165, 1.54) is 0 Å². The molecule has 0 spiro atoms. The van der Waals surface area contributed by atoms with E-state index >= 15 is 0 Å². The molecule has 0 saturated carbocycles. The van der Waals surface area contributed by atoms with E-state index in [9.17, 15) is 24.3 Å². The summed E-state index contributed by atoms with van der Waals surface area (Å²) in [5, 5.41) is 21.3. The minimum Gasteiger partial charge on any atom is -0.480 e. The van der Waals surface area contributed by atoms with E-state index in [1.807, 2.05) is 48.2 Å². The summed E-state index contributed by atoms with van der Waals surface area (Å²) in [5.74, 6) is -0.309. The summed E-state index contributed by atoms with van der Waals surface area (Å²) < 4.78 is 5.49. The molecule has 2 aliphatic heterocycles. The van der Waals surface area contributed by atoms with Crippen LogP contribution in [0.3, 0.4) is 0 Å². The molecule has 5 rings (SSSR count). The van der Waals surface area contributed by atoms with Crippen molar-refractivity contribution in [1.82, 2.24) is 21.3 Å². The molecule has 0 aromatic heterocycles. The van der Waals surface area contributed by atoms with Crippen LogP contribution >= 0.6 is 11.8 Å². The van der Waals surface area contributed by atoms with Crippen LogP contribution in [0.15, 0.2) is 48.5 Å². The molecule has 10 nitrogen and oxygen atoms in total. The molecule has 5 N–H and O–H groups in total. The number of thioether (sulfide) groups is 1. The molecule has 11 heteroatoms. The number of carbonyl (C=O) groups is 4. The second kappa shape index (κ2) is 14.0. The van der Waals surface area contributed by atoms with E-state index in [4.69, 9.17) is 4.74 Å². The van der Waals surface area contributed by atoms with Crippen LogP contribution in [0, 0.1) is 0 Å². The third-order valence-electron chi connectivity index (χ3n) is 8.26. The van der Waals surface area contributed by atoms with Crippen LogP contribution in [0.5, 0.6) is 0 Å². The van der Waals surface area contributed by atoms with Gasteiger partial charge in [0.2, 0.25) is 5.91 Å². The topological polar surface area (TPSA) is 146 Å². The summed E-state index contributed by atoms with van der Waals surface area (Å²) in [4.78, 5) is 48.0. The molecule has 2 heterocycles. The van der Waals surface area contributed by atoms with E-state index in [1.54, 1.807) is 0 Å². The molecule has 0 bridgehead atoms. The number of benzene rings is 2. The van der Waals surface area contributed by atoms with E-state index in [0.29, 0.717) is 31.1 Å². The quantitative estimate of drug-likeness (QED) is 0.164. The number of amides is 4. The summed E-state index contributed by atoms with van der Waals surface area (Å²) in [7, 11) is 0. The summed E-state index contributed by atoms with van der Waals surface area (Å²) in [6, 6.07) is 15.3. The van der Waals surface area contributed by atoms with E-state index < -0.39 is 18.1 Å². The molecule has 2 saturated heterocycles. The summed E-state index contributed by atoms with van der Waals surface area (Å²) >= 11 is 1.87. The average molecular weight is 595 g/mol. The summed E-state index contributed by atoms with van der Waals surface area (Å²) in [5.41, 5.74) is 4.42. The monoisotopic (exact) mass is 594 g/mol. The van der Waals surface area contributed by atoms with Gasteiger partial charge in [-0.25, -0.2) is 14.4 Å². The van der Waals surface area contributed by atoms with Gasteiger partial charge in [0.25, 0.3) is 0 Å². The Kier molecular flexibility index (Phi) is 9.89. The minimum atomic E-state index is -1.12. The Morgan fingerprint density at radius 2 is 1.69 bits per heavy atom. The third-order valence-corrected chi connectivity index (χ3v) is 9.76. The maximum absolute atomic E-state index is 12.5. The SMILES string of the molecule is O=C(CCCC[C@@H]1SCC2NC(=O)NC21)NCCCC[C@H](NC(=O)OCC1c2ccccc2-c2ccccc21)C(=O)O. The Balaban J connectivity index is 0.954. The van der Waals surface area contributed by atoms with E-state index in [2.05, 4.69) is 33.4 Å². The van der Waals surface area contributed by atoms with Crippen molar-refractivity contribution < 1.29 is 29.0 Å². The zero-order valence-corrected chi connectivity index (χ0v) is 24.3. The Morgan fingerprint density at radius 3 is 2.40 bits per heavy atom. The lowest BCUT2D eigenvalue weighted by Crippen LogP contribution is -2.41. The van der Waals surface area contributed by atoms with E-state index in [0.717, 1.165) is 47.3 Å². The zero-order chi connectivity index (χ0) is 29.5. The molecule has 2 unspecified atom stereocenters. The van der Waals surface area contributed by atoms with Crippen molar-refractivity contribution >= 4 is 35.8 Å². The number of hydrogen-bond donors (Lipinski definition) is 5. The molecule has 2 aromatic carbocycles. The normalized spacial score (nSPS) is 21.0. The van der Waals surface area contributed by atoms with Crippen molar-refractivity contribution in [2.75, 3.05) is 18.9 Å². The predicted octanol–water partition coefficient (Wildman–Crippen LogP) is 3.99. The highest BCUT2D eigenvalue weighted by Crippen LogP contribution is 2.44. The second-order valence-corrected chi connectivity index (χ2v) is 12.3. The smallest absolute Gasteiger partial charge is 0.407 e. The fourth-order valence-corrected chi connectivity index (χ4v) is 7.65. The third kappa shape index (κ3) is 7.18. The molecule has 42 heavy (non-hydrogen) atoms. The molecule has 2 aromatic rings. The van der Waals surface area contributed by atoms with Crippen molar-refractivity contribution in [2.24, 2.45) is 0 Å². The molecule has 2 fully saturated rings. The number of rotatable bonds is 14. The van der Waals surface area contributed by atoms with Gasteiger partial charge in [0.1, 0.15) is 12.6 Å². The lowest BCUT2D eigenvalue weighted by atomic mass is 9.98. The van der Waals surface area contributed by atoms with Crippen molar-refractivity contribution in [3.63, 3.8) is 0 Å². The maximum Gasteiger partial charge on any atom is 0.407 e. The van der Waals surface area contributed by atoms with Gasteiger partial charge in [-0.15, -0.1) is 0 Å². The average Bonchev–Trinajstić information content (AvgIpc) is 3.64. The van der Waals surface area contributed by atoms with Gasteiger partial charge >= 0.3 is 18.1 Å². The Bertz CT molecular complexity index is 1260. The first-order valence-corrected chi connectivity index (χ1v) is 15.7. The van der Waals surface area contributed by atoms with Crippen LogP contribution in [0.4, 0.5) is 9.59 Å². The molecule has 224 valence electrons. The first-order valence-electron chi connectivity index (χ1n) is 14.7. The molecule has 0 radical (unpaired) electrons. The van der Waals surface area contributed by atoms with E-state index in [-0.39, 0.29) is 43.0 Å². The van der Waals surface area contributed by atoms with Gasteiger partial charge in [0.15, 0.2) is 0 Å². The number of aliphatic carboxylic acids is 1. The highest BCUT2D eigenvalue weighted by Gasteiger charge is 2.42. The fraction of sp³-hybridized carbons (Fsp3) is 0.484. The van der Waals surface area contributed by atoms with Crippen LogP contribution in [0.25, 0.3) is 11.1 Å². The van der Waals surface area contributed by atoms with Gasteiger partial charge < -0.3 is 31.1 Å². The van der Waals surface area contributed by atoms with Gasteiger partial charge in [0, 0.05) is 29.9 Å². The van der Waals surface area contributed by atoms with Crippen molar-refractivity contribution in [1.29, 1.82) is 0 Å². The first kappa shape index (κ1) is 29.8. The number of ether oxygens (including phenoxy) is 1. The van der Waals surface area contributed by atoms with Crippen molar-refractivity contribution in [2.45, 2.75) is 74.2 Å². The Morgan fingerprint density at radius 1 is 0.976 bits per heavy atom. The number of urea groups is 1. The number of nitrogens with one attached hydrogen (secondary N) is 4. The van der Waals surface area contributed by atoms with Gasteiger partial charge in [-0.1, -0.05) is 55.0 Å². The fourth-order valence-electron chi connectivity index (χ4n) is 6.10. The largest absolute Gasteiger partial charge is 0.480 e. The molecule has 1 aliphatic carbocycles. The molecule has 4 amide bonds. The number of fused-ring (bicyclic) bond motifs is 4. The van der Waals surface area contributed by atoms with Crippen LogP contribution in [0.1, 0.15) is 62.0 Å². The Hall–Kier alpha value is -3.73. The molecular formula is C31H38N4O6S. The van der Waals surface area contributed by atoms with Crippen LogP contribution in [0.2, 0.25) is 0 Å². The van der Waals surface area contributed by atoms with Gasteiger partial charge in [-0.3, -0.25) is 4.79 Å². The lowest BCUT2D eigenvalue weighted by Gasteiger charge is -2.17. The van der Waals surface area contributed by atoms with Crippen LogP contribution in [-0.2, 0) is 14.3 Å². The minimum absolute atomic E-state index is 0.0191. The van der Waals surface area contributed by atoms with Gasteiger partial charge in [0.05, 0.1) is 12.1 Å². The lowest BCUT2D eigenvalue weighted by molar-refractivity contribution is -0.139. The second-order valence-electron chi connectivity index (χ2n) is 11.1. The standard InChI is InChI=1S/C31H38N4O6S/c36-27(15-6-5-14-26-28-25(18-42-26)33-30(39)35-28)32-16-8-7-13-24(29(37)38)34-31(40)41-17-23-21-11-3-1-9-19(21)20-10-2-4-12-22(20)23/h1-4,9-12,23-26,28H,5-8,13-18H2,(H,32,36)(H,34,40)(H,37,38)(H2,33,35,39)/t24-,25?,26-,28?/m0/s1. The number of carboxylic acids is 1. The highest BCUT2D eigenvalue weighted by atomic mass is 32.2. The first-order chi connectivity index (χ1) is 20.4. The van der Waals surface area contributed by atoms with Gasteiger partial charge in [-0.05, 0) is 54.4 Å². The summed E-state index contributed by atoms with van der Waals surface area (Å²) in [6.07, 6.45) is 3.74. The molecular weight excluding hydrogens is 556 g/mol.